The number of nitrogens with one attached hydrogen (secondary N) is 1. The van der Waals surface area contributed by atoms with Crippen LogP contribution in [0.25, 0.3) is 0 Å². The van der Waals surface area contributed by atoms with Crippen molar-refractivity contribution in [3.63, 3.8) is 0 Å². The fraction of sp³-hybridized carbons (Fsp3) is 0.200. The van der Waals surface area contributed by atoms with E-state index in [2.05, 4.69) is 27.3 Å². The van der Waals surface area contributed by atoms with Crippen molar-refractivity contribution in [1.82, 2.24) is 4.72 Å². The molecule has 0 radical (unpaired) electrons. The lowest BCUT2D eigenvalue weighted by Gasteiger charge is -2.20. The molecule has 2 aromatic carbocycles. The predicted octanol–water partition coefficient (Wildman–Crippen LogP) is 2.52. The molecule has 0 aliphatic carbocycles. The van der Waals surface area contributed by atoms with Gasteiger partial charge in [-0.3, -0.25) is 4.31 Å². The summed E-state index contributed by atoms with van der Waals surface area (Å²) in [7, 11) is -3.46. The Balaban J connectivity index is 1.88. The monoisotopic (exact) mass is 430 g/mol. The first-order valence-electron chi connectivity index (χ1n) is 6.80. The van der Waals surface area contributed by atoms with Crippen LogP contribution in [0, 0.1) is 3.57 Å². The fourth-order valence-corrected chi connectivity index (χ4v) is 3.98. The van der Waals surface area contributed by atoms with E-state index in [4.69, 9.17) is 4.74 Å². The quantitative estimate of drug-likeness (QED) is 0.759. The van der Waals surface area contributed by atoms with Crippen molar-refractivity contribution < 1.29 is 13.2 Å². The van der Waals surface area contributed by atoms with E-state index in [1.807, 2.05) is 42.5 Å². The SMILES string of the molecule is O=S1(=O)NCCN1c1ccc(I)cc1OCc1ccccc1. The fourth-order valence-electron chi connectivity index (χ4n) is 2.27. The Morgan fingerprint density at radius 3 is 2.64 bits per heavy atom. The number of ether oxygens (including phenoxy) is 1. The van der Waals surface area contributed by atoms with Crippen molar-refractivity contribution in [1.29, 1.82) is 0 Å². The highest BCUT2D eigenvalue weighted by atomic mass is 127. The van der Waals surface area contributed by atoms with E-state index in [1.165, 1.54) is 4.31 Å². The molecule has 0 aromatic heterocycles. The van der Waals surface area contributed by atoms with E-state index in [9.17, 15) is 8.42 Å². The highest BCUT2D eigenvalue weighted by Crippen LogP contribution is 2.33. The van der Waals surface area contributed by atoms with Gasteiger partial charge in [-0.05, 0) is 46.4 Å². The molecule has 2 aromatic rings. The Morgan fingerprint density at radius 1 is 1.18 bits per heavy atom. The second-order valence-corrected chi connectivity index (χ2v) is 7.78. The largest absolute Gasteiger partial charge is 0.487 e. The predicted molar refractivity (Wildman–Crippen MR) is 94.2 cm³/mol. The Kier molecular flexibility index (Phi) is 4.55. The minimum atomic E-state index is -3.46. The van der Waals surface area contributed by atoms with Crippen LogP contribution in [0.15, 0.2) is 48.5 Å². The topological polar surface area (TPSA) is 58.6 Å². The third-order valence-electron chi connectivity index (χ3n) is 3.32. The van der Waals surface area contributed by atoms with E-state index >= 15 is 0 Å². The lowest BCUT2D eigenvalue weighted by atomic mass is 10.2. The zero-order valence-corrected chi connectivity index (χ0v) is 14.7. The number of hydrogen-bond donors (Lipinski definition) is 1. The third-order valence-corrected chi connectivity index (χ3v) is 5.52. The molecule has 0 saturated carbocycles. The molecule has 1 heterocycles. The van der Waals surface area contributed by atoms with Gasteiger partial charge < -0.3 is 4.74 Å². The van der Waals surface area contributed by atoms with E-state index in [1.54, 1.807) is 6.07 Å². The molecule has 0 unspecified atom stereocenters. The summed E-state index contributed by atoms with van der Waals surface area (Å²) in [5.41, 5.74) is 1.61. The molecule has 22 heavy (non-hydrogen) atoms. The first-order valence-corrected chi connectivity index (χ1v) is 9.32. The second-order valence-electron chi connectivity index (χ2n) is 4.86. The van der Waals surface area contributed by atoms with Crippen LogP contribution in [-0.4, -0.2) is 21.5 Å². The van der Waals surface area contributed by atoms with Crippen LogP contribution in [0.1, 0.15) is 5.56 Å². The second kappa shape index (κ2) is 6.43. The Hall–Kier alpha value is -1.32. The number of nitrogens with zero attached hydrogens (tertiary/aromatic N) is 1. The summed E-state index contributed by atoms with van der Waals surface area (Å²) in [6, 6.07) is 15.3. The van der Waals surface area contributed by atoms with E-state index in [0.717, 1.165) is 9.13 Å². The highest BCUT2D eigenvalue weighted by Gasteiger charge is 2.30. The molecule has 116 valence electrons. The van der Waals surface area contributed by atoms with Crippen LogP contribution in [0.5, 0.6) is 5.75 Å². The first kappa shape index (κ1) is 15.6. The van der Waals surface area contributed by atoms with Crippen LogP contribution >= 0.6 is 22.6 Å². The van der Waals surface area contributed by atoms with Crippen LogP contribution in [-0.2, 0) is 16.8 Å². The lowest BCUT2D eigenvalue weighted by molar-refractivity contribution is 0.307. The van der Waals surface area contributed by atoms with Gasteiger partial charge in [0.1, 0.15) is 12.4 Å². The van der Waals surface area contributed by atoms with Gasteiger partial charge in [-0.2, -0.15) is 13.1 Å². The summed E-state index contributed by atoms with van der Waals surface area (Å²) >= 11 is 2.18. The van der Waals surface area contributed by atoms with Crippen molar-refractivity contribution in [3.8, 4) is 5.75 Å². The lowest BCUT2D eigenvalue weighted by Crippen LogP contribution is -2.29. The summed E-state index contributed by atoms with van der Waals surface area (Å²) in [5.74, 6) is 0.572. The van der Waals surface area contributed by atoms with Gasteiger partial charge in [0.05, 0.1) is 5.69 Å². The molecule has 1 aliphatic rings. The molecule has 1 N–H and O–H groups in total. The third kappa shape index (κ3) is 3.36. The molecule has 0 amide bonds. The molecule has 0 bridgehead atoms. The van der Waals surface area contributed by atoms with Crippen LogP contribution in [0.4, 0.5) is 5.69 Å². The Morgan fingerprint density at radius 2 is 1.95 bits per heavy atom. The molecule has 0 spiro atoms. The van der Waals surface area contributed by atoms with Crippen molar-refractivity contribution >= 4 is 38.5 Å². The Labute approximate surface area is 143 Å². The van der Waals surface area contributed by atoms with Crippen molar-refractivity contribution in [2.45, 2.75) is 6.61 Å². The van der Waals surface area contributed by atoms with Gasteiger partial charge >= 0.3 is 10.2 Å². The number of anilines is 1. The summed E-state index contributed by atoms with van der Waals surface area (Å²) in [5, 5.41) is 0. The molecular formula is C15H15IN2O3S. The van der Waals surface area contributed by atoms with E-state index < -0.39 is 10.2 Å². The molecule has 7 heteroatoms. The highest BCUT2D eigenvalue weighted by molar-refractivity contribution is 14.1. The minimum Gasteiger partial charge on any atom is -0.487 e. The molecule has 3 rings (SSSR count). The zero-order chi connectivity index (χ0) is 15.6. The van der Waals surface area contributed by atoms with Crippen LogP contribution < -0.4 is 13.8 Å². The number of rotatable bonds is 4. The summed E-state index contributed by atoms with van der Waals surface area (Å²) < 4.78 is 34.8. The zero-order valence-electron chi connectivity index (χ0n) is 11.7. The molecule has 5 nitrogen and oxygen atoms in total. The number of benzene rings is 2. The number of halogens is 1. The maximum atomic E-state index is 12.0. The van der Waals surface area contributed by atoms with Crippen molar-refractivity contribution in [2.24, 2.45) is 0 Å². The van der Waals surface area contributed by atoms with Gasteiger partial charge in [0.2, 0.25) is 0 Å². The average Bonchev–Trinajstić information content (AvgIpc) is 2.86. The van der Waals surface area contributed by atoms with Crippen molar-refractivity contribution in [3.05, 3.63) is 57.7 Å². The minimum absolute atomic E-state index is 0.398. The van der Waals surface area contributed by atoms with Gasteiger partial charge in [-0.25, -0.2) is 0 Å². The molecule has 1 saturated heterocycles. The standard InChI is InChI=1S/C15H15IN2O3S/c16-13-6-7-14(18-9-8-17-22(18,19)20)15(10-13)21-11-12-4-2-1-3-5-12/h1-7,10,17H,8-9,11H2. The van der Waals surface area contributed by atoms with Crippen molar-refractivity contribution in [2.75, 3.05) is 17.4 Å². The van der Waals surface area contributed by atoms with Gasteiger partial charge in [0, 0.05) is 16.7 Å². The smallest absolute Gasteiger partial charge is 0.301 e. The first-order chi connectivity index (χ1) is 10.6. The molecular weight excluding hydrogens is 415 g/mol. The molecule has 0 atom stereocenters. The summed E-state index contributed by atoms with van der Waals surface area (Å²) in [6.07, 6.45) is 0. The van der Waals surface area contributed by atoms with E-state index in [-0.39, 0.29) is 0 Å². The Bertz CT molecular complexity index is 766. The number of hydrogen-bond acceptors (Lipinski definition) is 3. The van der Waals surface area contributed by atoms with Gasteiger partial charge in [0.25, 0.3) is 0 Å². The molecule has 1 fully saturated rings. The van der Waals surface area contributed by atoms with Gasteiger partial charge in [-0.1, -0.05) is 30.3 Å². The maximum absolute atomic E-state index is 12.0. The van der Waals surface area contributed by atoms with Crippen LogP contribution in [0.3, 0.4) is 0 Å². The van der Waals surface area contributed by atoms with Crippen LogP contribution in [0.2, 0.25) is 0 Å². The normalized spacial score (nSPS) is 16.7. The van der Waals surface area contributed by atoms with E-state index in [0.29, 0.717) is 31.1 Å². The summed E-state index contributed by atoms with van der Waals surface area (Å²) in [6.45, 7) is 1.21. The summed E-state index contributed by atoms with van der Waals surface area (Å²) in [4.78, 5) is 0. The van der Waals surface area contributed by atoms with Gasteiger partial charge in [0.15, 0.2) is 0 Å². The van der Waals surface area contributed by atoms with Gasteiger partial charge in [-0.15, -0.1) is 0 Å². The molecule has 1 aliphatic heterocycles. The maximum Gasteiger partial charge on any atom is 0.301 e. The average molecular weight is 430 g/mol.